The first-order valence-electron chi connectivity index (χ1n) is 11.1. The standard InChI is InChI=1S/C27H21F3N2O3S/c1-35-26(34)21-14-36-25-22(17-9-5-10-18(12-17)27(28,29)30)20(23(31)24(33)32(21)25)13-16-8-4-7-15-6-2-3-11-19(15)16/h2-12,21H,13-14,31H2,1H3. The molecule has 2 heterocycles. The van der Waals surface area contributed by atoms with Gasteiger partial charge in [-0.15, -0.1) is 11.8 Å². The van der Waals surface area contributed by atoms with Gasteiger partial charge >= 0.3 is 12.1 Å². The molecule has 1 aliphatic rings. The fraction of sp³-hybridized carbons (Fsp3) is 0.185. The summed E-state index contributed by atoms with van der Waals surface area (Å²) in [6.45, 7) is 0. The number of aromatic nitrogens is 1. The summed E-state index contributed by atoms with van der Waals surface area (Å²) in [7, 11) is 1.22. The van der Waals surface area contributed by atoms with Crippen LogP contribution in [0.2, 0.25) is 0 Å². The van der Waals surface area contributed by atoms with Gasteiger partial charge in [0.15, 0.2) is 0 Å². The molecule has 4 aromatic rings. The Morgan fingerprint density at radius 1 is 1.11 bits per heavy atom. The van der Waals surface area contributed by atoms with E-state index in [9.17, 15) is 22.8 Å². The summed E-state index contributed by atoms with van der Waals surface area (Å²) in [6, 6.07) is 17.5. The van der Waals surface area contributed by atoms with Crippen LogP contribution >= 0.6 is 11.8 Å². The summed E-state index contributed by atoms with van der Waals surface area (Å²) in [5, 5.41) is 2.35. The van der Waals surface area contributed by atoms with Crippen LogP contribution in [0.25, 0.3) is 21.9 Å². The van der Waals surface area contributed by atoms with E-state index in [4.69, 9.17) is 10.5 Å². The summed E-state index contributed by atoms with van der Waals surface area (Å²) >= 11 is 1.23. The first-order valence-corrected chi connectivity index (χ1v) is 12.1. The molecule has 184 valence electrons. The molecule has 0 spiro atoms. The largest absolute Gasteiger partial charge is 0.467 e. The zero-order valence-corrected chi connectivity index (χ0v) is 20.0. The molecule has 1 unspecified atom stereocenters. The Morgan fingerprint density at radius 2 is 1.83 bits per heavy atom. The maximum atomic E-state index is 13.6. The summed E-state index contributed by atoms with van der Waals surface area (Å²) in [6.07, 6.45) is -4.32. The van der Waals surface area contributed by atoms with Crippen LogP contribution in [0.5, 0.6) is 0 Å². The number of nitrogen functional groups attached to an aromatic ring is 1. The number of fused-ring (bicyclic) bond motifs is 2. The number of halogens is 3. The average Bonchev–Trinajstić information content (AvgIpc) is 3.31. The summed E-state index contributed by atoms with van der Waals surface area (Å²) in [4.78, 5) is 25.8. The van der Waals surface area contributed by atoms with E-state index in [1.54, 1.807) is 6.07 Å². The van der Waals surface area contributed by atoms with Crippen molar-refractivity contribution in [2.75, 3.05) is 18.6 Å². The highest BCUT2D eigenvalue weighted by atomic mass is 32.2. The average molecular weight is 511 g/mol. The predicted molar refractivity (Wildman–Crippen MR) is 134 cm³/mol. The van der Waals surface area contributed by atoms with Crippen molar-refractivity contribution in [1.82, 2.24) is 4.57 Å². The first-order chi connectivity index (χ1) is 17.2. The molecule has 2 N–H and O–H groups in total. The molecule has 0 saturated heterocycles. The molecule has 36 heavy (non-hydrogen) atoms. The van der Waals surface area contributed by atoms with E-state index in [0.717, 1.165) is 28.5 Å². The smallest absolute Gasteiger partial charge is 0.416 e. The number of carbonyl (C=O) groups is 1. The van der Waals surface area contributed by atoms with E-state index >= 15 is 0 Å². The van der Waals surface area contributed by atoms with Crippen LogP contribution in [0, 0.1) is 0 Å². The Labute approximate surface area is 208 Å². The van der Waals surface area contributed by atoms with Gasteiger partial charge in [-0.05, 0) is 39.6 Å². The minimum Gasteiger partial charge on any atom is -0.467 e. The Kier molecular flexibility index (Phi) is 6.04. The van der Waals surface area contributed by atoms with Crippen molar-refractivity contribution < 1.29 is 22.7 Å². The molecule has 1 atom stereocenters. The van der Waals surface area contributed by atoms with Crippen molar-refractivity contribution in [2.24, 2.45) is 0 Å². The molecule has 0 amide bonds. The zero-order valence-electron chi connectivity index (χ0n) is 19.1. The number of ether oxygens (including phenoxy) is 1. The third-order valence-electron chi connectivity index (χ3n) is 6.40. The lowest BCUT2D eigenvalue weighted by molar-refractivity contribution is -0.144. The molecule has 1 aromatic heterocycles. The number of methoxy groups -OCH3 is 1. The molecule has 0 radical (unpaired) electrons. The monoisotopic (exact) mass is 510 g/mol. The van der Waals surface area contributed by atoms with Gasteiger partial charge in [-0.3, -0.25) is 9.36 Å². The summed E-state index contributed by atoms with van der Waals surface area (Å²) in [5.41, 5.74) is 6.92. The van der Waals surface area contributed by atoms with Gasteiger partial charge in [-0.1, -0.05) is 54.6 Å². The van der Waals surface area contributed by atoms with E-state index in [1.165, 1.54) is 29.5 Å². The van der Waals surface area contributed by atoms with Crippen molar-refractivity contribution in [3.05, 3.63) is 93.8 Å². The quantitative estimate of drug-likeness (QED) is 0.358. The first kappa shape index (κ1) is 24.0. The van der Waals surface area contributed by atoms with E-state index in [2.05, 4.69) is 0 Å². The second-order valence-corrected chi connectivity index (χ2v) is 9.50. The van der Waals surface area contributed by atoms with Gasteiger partial charge in [0.2, 0.25) is 0 Å². The van der Waals surface area contributed by atoms with Crippen molar-refractivity contribution in [3.63, 3.8) is 0 Å². The lowest BCUT2D eigenvalue weighted by Gasteiger charge is -2.20. The number of benzene rings is 3. The number of esters is 1. The number of nitrogens with two attached hydrogens (primary N) is 1. The number of pyridine rings is 1. The maximum absolute atomic E-state index is 13.6. The number of anilines is 1. The number of hydrogen-bond donors (Lipinski definition) is 1. The molecular formula is C27H21F3N2O3S. The third kappa shape index (κ3) is 4.03. The summed E-state index contributed by atoms with van der Waals surface area (Å²) < 4.78 is 46.9. The Hall–Kier alpha value is -3.72. The van der Waals surface area contributed by atoms with Gasteiger partial charge in [-0.2, -0.15) is 13.2 Å². The normalized spacial score (nSPS) is 15.2. The molecule has 1 aliphatic heterocycles. The lowest BCUT2D eigenvalue weighted by Crippen LogP contribution is -2.32. The number of carbonyl (C=O) groups excluding carboxylic acids is 1. The zero-order chi connectivity index (χ0) is 25.6. The van der Waals surface area contributed by atoms with E-state index < -0.39 is 29.3 Å². The van der Waals surface area contributed by atoms with Crippen LogP contribution in [0.4, 0.5) is 18.9 Å². The number of alkyl halides is 3. The molecule has 0 saturated carbocycles. The lowest BCUT2D eigenvalue weighted by atomic mass is 9.92. The van der Waals surface area contributed by atoms with Crippen LogP contribution in [0.3, 0.4) is 0 Å². The van der Waals surface area contributed by atoms with Crippen molar-refractivity contribution in [2.45, 2.75) is 23.7 Å². The molecule has 5 rings (SSSR count). The van der Waals surface area contributed by atoms with Crippen molar-refractivity contribution in [1.29, 1.82) is 0 Å². The van der Waals surface area contributed by atoms with E-state index in [-0.39, 0.29) is 23.4 Å². The van der Waals surface area contributed by atoms with Crippen LogP contribution in [0.1, 0.15) is 22.7 Å². The highest BCUT2D eigenvalue weighted by Crippen LogP contribution is 2.44. The molecule has 0 bridgehead atoms. The third-order valence-corrected chi connectivity index (χ3v) is 7.55. The minimum atomic E-state index is -4.55. The highest BCUT2D eigenvalue weighted by Gasteiger charge is 2.36. The second kappa shape index (κ2) is 9.05. The highest BCUT2D eigenvalue weighted by molar-refractivity contribution is 7.99. The fourth-order valence-corrected chi connectivity index (χ4v) is 6.01. The minimum absolute atomic E-state index is 0.101. The number of thioether (sulfide) groups is 1. The topological polar surface area (TPSA) is 74.3 Å². The van der Waals surface area contributed by atoms with Gasteiger partial charge in [0.05, 0.1) is 17.7 Å². The molecule has 0 fully saturated rings. The molecule has 0 aliphatic carbocycles. The number of nitrogens with zero attached hydrogens (tertiary/aromatic N) is 1. The van der Waals surface area contributed by atoms with Crippen molar-refractivity contribution >= 4 is 34.2 Å². The van der Waals surface area contributed by atoms with Crippen LogP contribution in [0.15, 0.2) is 76.6 Å². The van der Waals surface area contributed by atoms with Gasteiger partial charge in [0.1, 0.15) is 11.7 Å². The fourth-order valence-electron chi connectivity index (χ4n) is 4.67. The van der Waals surface area contributed by atoms with E-state index in [0.29, 0.717) is 16.2 Å². The maximum Gasteiger partial charge on any atom is 0.416 e. The van der Waals surface area contributed by atoms with Crippen LogP contribution < -0.4 is 11.3 Å². The number of hydrogen-bond acceptors (Lipinski definition) is 5. The Morgan fingerprint density at radius 3 is 2.58 bits per heavy atom. The van der Waals surface area contributed by atoms with E-state index in [1.807, 2.05) is 42.5 Å². The Balaban J connectivity index is 1.79. The van der Waals surface area contributed by atoms with Gasteiger partial charge < -0.3 is 10.5 Å². The van der Waals surface area contributed by atoms with Crippen molar-refractivity contribution in [3.8, 4) is 11.1 Å². The van der Waals surface area contributed by atoms with Gasteiger partial charge in [0.25, 0.3) is 5.56 Å². The summed E-state index contributed by atoms with van der Waals surface area (Å²) in [5.74, 6) is -0.398. The molecular weight excluding hydrogens is 489 g/mol. The molecule has 9 heteroatoms. The second-order valence-electron chi connectivity index (χ2n) is 8.49. The van der Waals surface area contributed by atoms with Crippen LogP contribution in [-0.4, -0.2) is 23.4 Å². The Bertz CT molecular complexity index is 1560. The number of rotatable bonds is 4. The van der Waals surface area contributed by atoms with Gasteiger partial charge in [-0.25, -0.2) is 4.79 Å². The molecule has 3 aromatic carbocycles. The van der Waals surface area contributed by atoms with Crippen LogP contribution in [-0.2, 0) is 22.1 Å². The van der Waals surface area contributed by atoms with Gasteiger partial charge in [0, 0.05) is 17.7 Å². The predicted octanol–water partition coefficient (Wildman–Crippen LogP) is 5.68. The molecule has 5 nitrogen and oxygen atoms in total. The SMILES string of the molecule is COC(=O)C1CSc2c(-c3cccc(C(F)(F)F)c3)c(Cc3cccc4ccccc34)c(N)c(=O)n21.